The monoisotopic (exact) mass is 259 g/mol. The Labute approximate surface area is 110 Å². The Hall–Kier alpha value is -2.36. The number of halogens is 1. The van der Waals surface area contributed by atoms with E-state index in [1.54, 1.807) is 0 Å². The number of carbonyl (C=O) groups is 1. The molecule has 0 amide bonds. The standard InChI is InChI=1S/C15H14FNO2/c1-10-2-8-13(9-3-10)17-14(15(18)19)11-4-6-12(16)7-5-11/h2-9,14,17H,1H3,(H,18,19). The van der Waals surface area contributed by atoms with Crippen LogP contribution in [-0.2, 0) is 4.79 Å². The number of rotatable bonds is 4. The summed E-state index contributed by atoms with van der Waals surface area (Å²) in [6.45, 7) is 1.96. The maximum atomic E-state index is 12.9. The van der Waals surface area contributed by atoms with E-state index < -0.39 is 12.0 Å². The predicted molar refractivity (Wildman–Crippen MR) is 71.6 cm³/mol. The highest BCUT2D eigenvalue weighted by Crippen LogP contribution is 2.20. The molecule has 1 atom stereocenters. The Kier molecular flexibility index (Phi) is 3.80. The van der Waals surface area contributed by atoms with Crippen LogP contribution in [0.5, 0.6) is 0 Å². The molecule has 1 unspecified atom stereocenters. The lowest BCUT2D eigenvalue weighted by Crippen LogP contribution is -2.20. The van der Waals surface area contributed by atoms with Crippen molar-refractivity contribution in [1.29, 1.82) is 0 Å². The van der Waals surface area contributed by atoms with Crippen molar-refractivity contribution in [3.05, 3.63) is 65.5 Å². The fourth-order valence-electron chi connectivity index (χ4n) is 1.76. The van der Waals surface area contributed by atoms with E-state index in [0.29, 0.717) is 11.3 Å². The van der Waals surface area contributed by atoms with E-state index in [4.69, 9.17) is 0 Å². The van der Waals surface area contributed by atoms with Crippen LogP contribution in [0.15, 0.2) is 48.5 Å². The summed E-state index contributed by atoms with van der Waals surface area (Å²) in [5.74, 6) is -1.39. The van der Waals surface area contributed by atoms with Crippen LogP contribution < -0.4 is 5.32 Å². The molecule has 0 aromatic heterocycles. The second-order valence-electron chi connectivity index (χ2n) is 4.33. The first kappa shape index (κ1) is 13.1. The predicted octanol–water partition coefficient (Wildman–Crippen LogP) is 3.37. The Morgan fingerprint density at radius 3 is 2.21 bits per heavy atom. The topological polar surface area (TPSA) is 49.3 Å². The van der Waals surface area contributed by atoms with Gasteiger partial charge in [0, 0.05) is 5.69 Å². The fourth-order valence-corrected chi connectivity index (χ4v) is 1.76. The lowest BCUT2D eigenvalue weighted by Gasteiger charge is -2.16. The molecule has 4 heteroatoms. The van der Waals surface area contributed by atoms with Crippen molar-refractivity contribution in [3.8, 4) is 0 Å². The number of nitrogens with one attached hydrogen (secondary N) is 1. The first-order valence-corrected chi connectivity index (χ1v) is 5.88. The van der Waals surface area contributed by atoms with Gasteiger partial charge < -0.3 is 10.4 Å². The summed E-state index contributed by atoms with van der Waals surface area (Å²) in [5, 5.41) is 12.2. The lowest BCUT2D eigenvalue weighted by molar-refractivity contribution is -0.138. The smallest absolute Gasteiger partial charge is 0.330 e. The van der Waals surface area contributed by atoms with Crippen LogP contribution in [0.25, 0.3) is 0 Å². The fraction of sp³-hybridized carbons (Fsp3) is 0.133. The third kappa shape index (κ3) is 3.31. The minimum atomic E-state index is -1.01. The molecule has 0 aliphatic heterocycles. The molecule has 3 nitrogen and oxygen atoms in total. The summed E-state index contributed by atoms with van der Waals surface area (Å²) >= 11 is 0. The van der Waals surface area contributed by atoms with Gasteiger partial charge >= 0.3 is 5.97 Å². The number of aryl methyl sites for hydroxylation is 1. The molecule has 0 bridgehead atoms. The zero-order valence-corrected chi connectivity index (χ0v) is 10.4. The van der Waals surface area contributed by atoms with Crippen molar-refractivity contribution >= 4 is 11.7 Å². The third-order valence-electron chi connectivity index (χ3n) is 2.81. The molecule has 0 spiro atoms. The van der Waals surface area contributed by atoms with Crippen molar-refractivity contribution in [1.82, 2.24) is 0 Å². The van der Waals surface area contributed by atoms with E-state index in [1.807, 2.05) is 31.2 Å². The van der Waals surface area contributed by atoms with Crippen LogP contribution in [0.1, 0.15) is 17.2 Å². The number of benzene rings is 2. The first-order chi connectivity index (χ1) is 9.06. The van der Waals surface area contributed by atoms with Crippen LogP contribution in [0.4, 0.5) is 10.1 Å². The highest BCUT2D eigenvalue weighted by molar-refractivity contribution is 5.79. The zero-order chi connectivity index (χ0) is 13.8. The van der Waals surface area contributed by atoms with Gasteiger partial charge in [-0.05, 0) is 36.8 Å². The van der Waals surface area contributed by atoms with Gasteiger partial charge in [0.25, 0.3) is 0 Å². The van der Waals surface area contributed by atoms with Gasteiger partial charge in [-0.2, -0.15) is 0 Å². The molecular formula is C15H14FNO2. The van der Waals surface area contributed by atoms with Gasteiger partial charge in [0.2, 0.25) is 0 Å². The van der Waals surface area contributed by atoms with E-state index >= 15 is 0 Å². The van der Waals surface area contributed by atoms with Crippen molar-refractivity contribution in [2.75, 3.05) is 5.32 Å². The van der Waals surface area contributed by atoms with Crippen LogP contribution in [0.3, 0.4) is 0 Å². The third-order valence-corrected chi connectivity index (χ3v) is 2.81. The number of aliphatic carboxylic acids is 1. The van der Waals surface area contributed by atoms with Crippen LogP contribution in [-0.4, -0.2) is 11.1 Å². The summed E-state index contributed by atoms with van der Waals surface area (Å²) < 4.78 is 12.9. The minimum absolute atomic E-state index is 0.386. The Morgan fingerprint density at radius 2 is 1.68 bits per heavy atom. The molecule has 98 valence electrons. The van der Waals surface area contributed by atoms with Gasteiger partial charge in [-0.15, -0.1) is 0 Å². The number of carboxylic acid groups (broad SMARTS) is 1. The Bertz CT molecular complexity index is 564. The van der Waals surface area contributed by atoms with E-state index in [2.05, 4.69) is 5.32 Å². The van der Waals surface area contributed by atoms with Crippen molar-refractivity contribution < 1.29 is 14.3 Å². The van der Waals surface area contributed by atoms with Gasteiger partial charge in [-0.1, -0.05) is 29.8 Å². The molecule has 2 aromatic carbocycles. The SMILES string of the molecule is Cc1ccc(NC(C(=O)O)c2ccc(F)cc2)cc1. The Morgan fingerprint density at radius 1 is 1.11 bits per heavy atom. The first-order valence-electron chi connectivity index (χ1n) is 5.88. The average Bonchev–Trinajstić information content (AvgIpc) is 2.39. The summed E-state index contributed by atoms with van der Waals surface area (Å²) in [5.41, 5.74) is 2.32. The van der Waals surface area contributed by atoms with E-state index in [9.17, 15) is 14.3 Å². The molecular weight excluding hydrogens is 245 g/mol. The quantitative estimate of drug-likeness (QED) is 0.885. The molecule has 2 N–H and O–H groups in total. The zero-order valence-electron chi connectivity index (χ0n) is 10.4. The van der Waals surface area contributed by atoms with Gasteiger partial charge in [0.1, 0.15) is 5.82 Å². The second-order valence-corrected chi connectivity index (χ2v) is 4.33. The summed E-state index contributed by atoms with van der Waals surface area (Å²) in [6, 6.07) is 12.0. The van der Waals surface area contributed by atoms with E-state index in [1.165, 1.54) is 24.3 Å². The van der Waals surface area contributed by atoms with Gasteiger partial charge in [0.15, 0.2) is 6.04 Å². The summed E-state index contributed by atoms with van der Waals surface area (Å²) in [6.07, 6.45) is 0. The van der Waals surface area contributed by atoms with E-state index in [-0.39, 0.29) is 5.82 Å². The molecule has 0 aliphatic rings. The van der Waals surface area contributed by atoms with Crippen LogP contribution in [0, 0.1) is 12.7 Å². The Balaban J connectivity index is 2.23. The molecule has 0 saturated carbocycles. The number of carboxylic acids is 1. The highest BCUT2D eigenvalue weighted by atomic mass is 19.1. The molecule has 19 heavy (non-hydrogen) atoms. The molecule has 0 radical (unpaired) electrons. The van der Waals surface area contributed by atoms with Gasteiger partial charge in [0.05, 0.1) is 0 Å². The maximum absolute atomic E-state index is 12.9. The molecule has 2 aromatic rings. The molecule has 0 heterocycles. The van der Waals surface area contributed by atoms with E-state index in [0.717, 1.165) is 5.56 Å². The van der Waals surface area contributed by atoms with Gasteiger partial charge in [-0.3, -0.25) is 0 Å². The molecule has 0 aliphatic carbocycles. The number of hydrogen-bond acceptors (Lipinski definition) is 2. The molecule has 0 saturated heterocycles. The van der Waals surface area contributed by atoms with Gasteiger partial charge in [-0.25, -0.2) is 9.18 Å². The summed E-state index contributed by atoms with van der Waals surface area (Å²) in [7, 11) is 0. The van der Waals surface area contributed by atoms with Crippen molar-refractivity contribution in [3.63, 3.8) is 0 Å². The number of hydrogen-bond donors (Lipinski definition) is 2. The largest absolute Gasteiger partial charge is 0.479 e. The van der Waals surface area contributed by atoms with Crippen LogP contribution in [0.2, 0.25) is 0 Å². The van der Waals surface area contributed by atoms with Crippen LogP contribution >= 0.6 is 0 Å². The normalized spacial score (nSPS) is 11.9. The highest BCUT2D eigenvalue weighted by Gasteiger charge is 2.19. The summed E-state index contributed by atoms with van der Waals surface area (Å²) in [4.78, 5) is 11.3. The molecule has 2 rings (SSSR count). The lowest BCUT2D eigenvalue weighted by atomic mass is 10.1. The second kappa shape index (κ2) is 5.52. The van der Waals surface area contributed by atoms with Crippen molar-refractivity contribution in [2.45, 2.75) is 13.0 Å². The average molecular weight is 259 g/mol. The number of anilines is 1. The maximum Gasteiger partial charge on any atom is 0.330 e. The minimum Gasteiger partial charge on any atom is -0.479 e. The van der Waals surface area contributed by atoms with Crippen molar-refractivity contribution in [2.24, 2.45) is 0 Å². The molecule has 0 fully saturated rings.